The smallest absolute Gasteiger partial charge is 0.110 e. The Morgan fingerprint density at radius 1 is 1.39 bits per heavy atom. The molecule has 0 aliphatic rings. The van der Waals surface area contributed by atoms with Crippen LogP contribution in [0.2, 0.25) is 0 Å². The molecule has 0 aliphatic heterocycles. The zero-order valence-electron chi connectivity index (χ0n) is 12.4. The second-order valence-corrected chi connectivity index (χ2v) is 4.70. The lowest BCUT2D eigenvalue weighted by Crippen LogP contribution is -2.52. The van der Waals surface area contributed by atoms with Gasteiger partial charge in [-0.05, 0) is 26.8 Å². The molecular formula is C14H27N3O. The first-order valence-corrected chi connectivity index (χ1v) is 6.90. The summed E-state index contributed by atoms with van der Waals surface area (Å²) < 4.78 is 8.15. The lowest BCUT2D eigenvalue weighted by molar-refractivity contribution is -0.0708. The fourth-order valence-electron chi connectivity index (χ4n) is 2.66. The third kappa shape index (κ3) is 3.12. The van der Waals surface area contributed by atoms with Crippen LogP contribution in [0.4, 0.5) is 0 Å². The van der Waals surface area contributed by atoms with Crippen molar-refractivity contribution in [1.82, 2.24) is 14.9 Å². The Hall–Kier alpha value is -0.870. The van der Waals surface area contributed by atoms with Crippen LogP contribution in [0, 0.1) is 0 Å². The molecule has 1 unspecified atom stereocenters. The van der Waals surface area contributed by atoms with Crippen LogP contribution in [-0.2, 0) is 18.2 Å². The van der Waals surface area contributed by atoms with Gasteiger partial charge in [0.25, 0.3) is 0 Å². The summed E-state index contributed by atoms with van der Waals surface area (Å²) in [6.07, 6.45) is 6.74. The van der Waals surface area contributed by atoms with Gasteiger partial charge in [0, 0.05) is 38.5 Å². The van der Waals surface area contributed by atoms with Crippen LogP contribution in [0.3, 0.4) is 0 Å². The van der Waals surface area contributed by atoms with Crippen LogP contribution in [0.5, 0.6) is 0 Å². The molecule has 1 atom stereocenters. The summed E-state index contributed by atoms with van der Waals surface area (Å²) in [7, 11) is 4.04. The van der Waals surface area contributed by atoms with E-state index in [1.54, 1.807) is 0 Å². The summed E-state index contributed by atoms with van der Waals surface area (Å²) in [5, 5.41) is 3.42. The second kappa shape index (κ2) is 6.90. The van der Waals surface area contributed by atoms with Crippen molar-refractivity contribution in [3.05, 3.63) is 18.2 Å². The number of aryl methyl sites for hydroxylation is 1. The Kier molecular flexibility index (Phi) is 5.82. The first kappa shape index (κ1) is 15.2. The van der Waals surface area contributed by atoms with E-state index in [0.29, 0.717) is 0 Å². The molecule has 0 fully saturated rings. The highest BCUT2D eigenvalue weighted by Crippen LogP contribution is 2.27. The molecule has 0 spiro atoms. The SMILES string of the molecule is CCOC(CC)(CC)C(Cc1nccn1C)NC. The minimum absolute atomic E-state index is 0.102. The van der Waals surface area contributed by atoms with Crippen LogP contribution in [0.25, 0.3) is 0 Å². The van der Waals surface area contributed by atoms with Crippen LogP contribution < -0.4 is 5.32 Å². The van der Waals surface area contributed by atoms with E-state index >= 15 is 0 Å². The van der Waals surface area contributed by atoms with E-state index in [1.165, 1.54) is 0 Å². The number of nitrogens with one attached hydrogen (secondary N) is 1. The van der Waals surface area contributed by atoms with Crippen LogP contribution in [0.15, 0.2) is 12.4 Å². The number of aromatic nitrogens is 2. The van der Waals surface area contributed by atoms with Gasteiger partial charge in [0.15, 0.2) is 0 Å². The van der Waals surface area contributed by atoms with Crippen molar-refractivity contribution in [2.24, 2.45) is 7.05 Å². The van der Waals surface area contributed by atoms with Gasteiger partial charge in [-0.1, -0.05) is 13.8 Å². The minimum atomic E-state index is -0.102. The van der Waals surface area contributed by atoms with E-state index in [9.17, 15) is 0 Å². The van der Waals surface area contributed by atoms with Crippen LogP contribution in [0.1, 0.15) is 39.4 Å². The molecule has 0 saturated heterocycles. The summed E-state index contributed by atoms with van der Waals surface area (Å²) in [4.78, 5) is 4.41. The Bertz CT molecular complexity index is 345. The number of rotatable bonds is 8. The standard InChI is InChI=1S/C14H27N3O/c1-6-14(7-2,18-8-3)12(15-4)11-13-16-9-10-17(13)5/h9-10,12,15H,6-8,11H2,1-5H3. The highest BCUT2D eigenvalue weighted by Gasteiger charge is 2.36. The average Bonchev–Trinajstić information content (AvgIpc) is 2.79. The highest BCUT2D eigenvalue weighted by molar-refractivity contribution is 5.01. The molecule has 0 bridgehead atoms. The fraction of sp³-hybridized carbons (Fsp3) is 0.786. The maximum absolute atomic E-state index is 6.07. The lowest BCUT2D eigenvalue weighted by atomic mass is 9.86. The number of imidazole rings is 1. The molecule has 0 amide bonds. The first-order valence-electron chi connectivity index (χ1n) is 6.90. The van der Waals surface area contributed by atoms with Gasteiger partial charge in [-0.15, -0.1) is 0 Å². The summed E-state index contributed by atoms with van der Waals surface area (Å²) in [5.41, 5.74) is -0.102. The molecule has 1 N–H and O–H groups in total. The molecule has 0 aromatic carbocycles. The predicted molar refractivity (Wildman–Crippen MR) is 74.7 cm³/mol. The molecule has 1 heterocycles. The van der Waals surface area contributed by atoms with Gasteiger partial charge in [-0.3, -0.25) is 0 Å². The molecule has 4 heteroatoms. The van der Waals surface area contributed by atoms with E-state index in [4.69, 9.17) is 4.74 Å². The number of hydrogen-bond acceptors (Lipinski definition) is 3. The largest absolute Gasteiger partial charge is 0.374 e. The zero-order chi connectivity index (χ0) is 13.6. The first-order chi connectivity index (χ1) is 8.63. The maximum Gasteiger partial charge on any atom is 0.110 e. The maximum atomic E-state index is 6.07. The summed E-state index contributed by atoms with van der Waals surface area (Å²) in [5.74, 6) is 1.10. The quantitative estimate of drug-likeness (QED) is 0.771. The Balaban J connectivity index is 2.88. The molecule has 4 nitrogen and oxygen atoms in total. The van der Waals surface area contributed by atoms with Gasteiger partial charge in [-0.25, -0.2) is 4.98 Å². The van der Waals surface area contributed by atoms with Crippen molar-refractivity contribution in [3.8, 4) is 0 Å². The van der Waals surface area contributed by atoms with E-state index in [-0.39, 0.29) is 11.6 Å². The Morgan fingerprint density at radius 2 is 2.06 bits per heavy atom. The molecule has 1 aromatic rings. The van der Waals surface area contributed by atoms with Crippen molar-refractivity contribution in [1.29, 1.82) is 0 Å². The van der Waals surface area contributed by atoms with Gasteiger partial charge < -0.3 is 14.6 Å². The van der Waals surface area contributed by atoms with E-state index < -0.39 is 0 Å². The molecule has 0 radical (unpaired) electrons. The van der Waals surface area contributed by atoms with E-state index in [2.05, 4.69) is 35.6 Å². The van der Waals surface area contributed by atoms with Crippen molar-refractivity contribution in [3.63, 3.8) is 0 Å². The van der Waals surface area contributed by atoms with Gasteiger partial charge in [0.1, 0.15) is 5.82 Å². The molecular weight excluding hydrogens is 226 g/mol. The van der Waals surface area contributed by atoms with Crippen molar-refractivity contribution in [2.45, 2.75) is 51.7 Å². The molecule has 1 rings (SSSR count). The summed E-state index contributed by atoms with van der Waals surface area (Å²) in [6.45, 7) is 7.21. The van der Waals surface area contributed by atoms with Crippen molar-refractivity contribution >= 4 is 0 Å². The molecule has 0 aliphatic carbocycles. The molecule has 0 saturated carbocycles. The van der Waals surface area contributed by atoms with Gasteiger partial charge >= 0.3 is 0 Å². The summed E-state index contributed by atoms with van der Waals surface area (Å²) in [6, 6.07) is 0.286. The van der Waals surface area contributed by atoms with Crippen molar-refractivity contribution in [2.75, 3.05) is 13.7 Å². The van der Waals surface area contributed by atoms with Crippen LogP contribution >= 0.6 is 0 Å². The third-order valence-electron chi connectivity index (χ3n) is 3.92. The van der Waals surface area contributed by atoms with Gasteiger partial charge in [0.2, 0.25) is 0 Å². The predicted octanol–water partition coefficient (Wildman–Crippen LogP) is 2.15. The molecule has 1 aromatic heterocycles. The molecule has 18 heavy (non-hydrogen) atoms. The fourth-order valence-corrected chi connectivity index (χ4v) is 2.66. The third-order valence-corrected chi connectivity index (χ3v) is 3.92. The number of nitrogens with zero attached hydrogens (tertiary/aromatic N) is 2. The number of hydrogen-bond donors (Lipinski definition) is 1. The summed E-state index contributed by atoms with van der Waals surface area (Å²) >= 11 is 0. The Labute approximate surface area is 111 Å². The zero-order valence-corrected chi connectivity index (χ0v) is 12.4. The van der Waals surface area contributed by atoms with Gasteiger partial charge in [-0.2, -0.15) is 0 Å². The van der Waals surface area contributed by atoms with Crippen LogP contribution in [-0.4, -0.2) is 34.8 Å². The van der Waals surface area contributed by atoms with E-state index in [1.807, 2.05) is 26.5 Å². The minimum Gasteiger partial charge on any atom is -0.374 e. The van der Waals surface area contributed by atoms with Gasteiger partial charge in [0.05, 0.1) is 5.60 Å². The Morgan fingerprint density at radius 3 is 2.44 bits per heavy atom. The molecule has 104 valence electrons. The number of ether oxygens (including phenoxy) is 1. The second-order valence-electron chi connectivity index (χ2n) is 4.70. The lowest BCUT2D eigenvalue weighted by Gasteiger charge is -2.39. The highest BCUT2D eigenvalue weighted by atomic mass is 16.5. The average molecular weight is 253 g/mol. The normalized spacial score (nSPS) is 13.8. The number of likely N-dealkylation sites (N-methyl/N-ethyl adjacent to an activating group) is 1. The van der Waals surface area contributed by atoms with Crippen molar-refractivity contribution < 1.29 is 4.74 Å². The topological polar surface area (TPSA) is 39.1 Å². The van der Waals surface area contributed by atoms with E-state index in [0.717, 1.165) is 31.7 Å². The monoisotopic (exact) mass is 253 g/mol.